The fraction of sp³-hybridized carbons (Fsp3) is 0.405. The Morgan fingerprint density at radius 1 is 0.909 bits per heavy atom. The number of pyridine rings is 1. The number of hydrogen-bond acceptors (Lipinski definition) is 5. The first-order valence-electron chi connectivity index (χ1n) is 16.1. The number of anilines is 1. The van der Waals surface area contributed by atoms with Crippen molar-refractivity contribution in [3.8, 4) is 5.75 Å². The summed E-state index contributed by atoms with van der Waals surface area (Å²) in [6.45, 7) is 5.02. The molecule has 2 heterocycles. The van der Waals surface area contributed by atoms with Crippen molar-refractivity contribution in [2.45, 2.75) is 90.2 Å². The van der Waals surface area contributed by atoms with Gasteiger partial charge in [-0.25, -0.2) is 4.68 Å². The van der Waals surface area contributed by atoms with Gasteiger partial charge in [0.15, 0.2) is 0 Å². The minimum atomic E-state index is -0.303. The number of ether oxygens (including phenoxy) is 1. The summed E-state index contributed by atoms with van der Waals surface area (Å²) in [5.41, 5.74) is 5.81. The molecule has 7 nitrogen and oxygen atoms in total. The maximum atomic E-state index is 14.5. The first-order valence-corrected chi connectivity index (χ1v) is 16.1. The molecule has 1 atom stereocenters. The van der Waals surface area contributed by atoms with Crippen molar-refractivity contribution in [1.29, 1.82) is 0 Å². The van der Waals surface area contributed by atoms with Crippen LogP contribution in [0.4, 0.5) is 5.69 Å². The van der Waals surface area contributed by atoms with Gasteiger partial charge in [-0.05, 0) is 72.9 Å². The van der Waals surface area contributed by atoms with Gasteiger partial charge in [-0.3, -0.25) is 14.6 Å². The van der Waals surface area contributed by atoms with Crippen LogP contribution in [0.3, 0.4) is 0 Å². The molecule has 228 valence electrons. The molecular formula is C37H42N4O3. The average Bonchev–Trinajstić information content (AvgIpc) is 3.55. The van der Waals surface area contributed by atoms with Crippen molar-refractivity contribution in [2.75, 3.05) is 4.90 Å². The van der Waals surface area contributed by atoms with Crippen molar-refractivity contribution < 1.29 is 14.3 Å². The molecule has 0 N–H and O–H groups in total. The standard InChI is InChI=1S/C37H42N4O3/c1-26(2)34-20-19-30(22-38-34)40(23-28-21-39-41(24-28)36(42)29-13-7-4-8-14-29)37(43)33-17-9-16-32-31(33)15-10-18-35(32)44-25-27-11-5-3-6-12-27/h3,5-6,10-12,15,18-22,24,26,29,33H,4,7-9,13-14,16-17,23,25H2,1-2H3. The number of carbonyl (C=O) groups excluding carboxylic acids is 2. The second-order valence-corrected chi connectivity index (χ2v) is 12.5. The Hall–Kier alpha value is -4.26. The van der Waals surface area contributed by atoms with E-state index in [1.165, 1.54) is 11.1 Å². The molecule has 1 saturated carbocycles. The van der Waals surface area contributed by atoms with Crippen LogP contribution in [-0.4, -0.2) is 26.6 Å². The summed E-state index contributed by atoms with van der Waals surface area (Å²) in [5.74, 6) is 0.942. The number of rotatable bonds is 9. The van der Waals surface area contributed by atoms with Crippen molar-refractivity contribution in [3.05, 3.63) is 107 Å². The summed E-state index contributed by atoms with van der Waals surface area (Å²) < 4.78 is 7.78. The van der Waals surface area contributed by atoms with E-state index in [-0.39, 0.29) is 29.6 Å². The molecule has 4 aromatic rings. The van der Waals surface area contributed by atoms with Crippen LogP contribution in [0.15, 0.2) is 79.3 Å². The number of hydrogen-bond donors (Lipinski definition) is 0. The van der Waals surface area contributed by atoms with E-state index in [1.54, 1.807) is 18.6 Å². The van der Waals surface area contributed by atoms with E-state index < -0.39 is 0 Å². The maximum Gasteiger partial charge on any atom is 0.249 e. The van der Waals surface area contributed by atoms with E-state index in [2.05, 4.69) is 42.1 Å². The van der Waals surface area contributed by atoms with Gasteiger partial charge < -0.3 is 9.64 Å². The predicted molar refractivity (Wildman–Crippen MR) is 172 cm³/mol. The Labute approximate surface area is 260 Å². The molecule has 7 heteroatoms. The fourth-order valence-corrected chi connectivity index (χ4v) is 6.61. The van der Waals surface area contributed by atoms with Crippen LogP contribution in [0.1, 0.15) is 103 Å². The van der Waals surface area contributed by atoms with Crippen LogP contribution < -0.4 is 9.64 Å². The van der Waals surface area contributed by atoms with Gasteiger partial charge in [-0.2, -0.15) is 5.10 Å². The number of benzene rings is 2. The maximum absolute atomic E-state index is 14.5. The summed E-state index contributed by atoms with van der Waals surface area (Å²) in [6.07, 6.45) is 13.1. The zero-order valence-corrected chi connectivity index (χ0v) is 25.8. The van der Waals surface area contributed by atoms with Gasteiger partial charge in [0, 0.05) is 23.4 Å². The summed E-state index contributed by atoms with van der Waals surface area (Å²) in [7, 11) is 0. The van der Waals surface area contributed by atoms with Crippen molar-refractivity contribution in [2.24, 2.45) is 5.92 Å². The van der Waals surface area contributed by atoms with Gasteiger partial charge in [0.05, 0.1) is 30.5 Å². The number of fused-ring (bicyclic) bond motifs is 1. The zero-order valence-electron chi connectivity index (χ0n) is 25.8. The van der Waals surface area contributed by atoms with Gasteiger partial charge >= 0.3 is 0 Å². The zero-order chi connectivity index (χ0) is 30.5. The average molecular weight is 591 g/mol. The molecule has 2 aromatic carbocycles. The van der Waals surface area contributed by atoms with Gasteiger partial charge in [0.1, 0.15) is 12.4 Å². The van der Waals surface area contributed by atoms with Crippen LogP contribution >= 0.6 is 0 Å². The number of amides is 1. The van der Waals surface area contributed by atoms with Gasteiger partial charge in [0.25, 0.3) is 0 Å². The highest BCUT2D eigenvalue weighted by molar-refractivity contribution is 5.98. The SMILES string of the molecule is CC(C)c1ccc(N(Cc2cnn(C(=O)C3CCCCC3)c2)C(=O)C2CCCc3c(OCc4ccccc4)cccc32)cn1. The van der Waals surface area contributed by atoms with E-state index in [0.717, 1.165) is 84.3 Å². The van der Waals surface area contributed by atoms with Crippen LogP contribution in [0, 0.1) is 5.92 Å². The Kier molecular flexibility index (Phi) is 9.20. The summed E-state index contributed by atoms with van der Waals surface area (Å²) in [4.78, 5) is 34.2. The lowest BCUT2D eigenvalue weighted by Crippen LogP contribution is -2.36. The Bertz CT molecular complexity index is 1570. The molecule has 2 aliphatic rings. The van der Waals surface area contributed by atoms with Gasteiger partial charge in [0.2, 0.25) is 11.8 Å². The van der Waals surface area contributed by atoms with Crippen molar-refractivity contribution in [1.82, 2.24) is 14.8 Å². The molecule has 0 aliphatic heterocycles. The number of carbonyl (C=O) groups is 2. The van der Waals surface area contributed by atoms with E-state index in [4.69, 9.17) is 4.74 Å². The third kappa shape index (κ3) is 6.62. The number of nitrogens with zero attached hydrogens (tertiary/aromatic N) is 4. The molecule has 1 unspecified atom stereocenters. The quantitative estimate of drug-likeness (QED) is 0.198. The lowest BCUT2D eigenvalue weighted by molar-refractivity contribution is -0.120. The van der Waals surface area contributed by atoms with E-state index in [0.29, 0.717) is 13.2 Å². The second kappa shape index (κ2) is 13.6. The normalized spacial score (nSPS) is 16.8. The molecular weight excluding hydrogens is 548 g/mol. The molecule has 0 radical (unpaired) electrons. The highest BCUT2D eigenvalue weighted by Gasteiger charge is 2.33. The monoisotopic (exact) mass is 590 g/mol. The lowest BCUT2D eigenvalue weighted by Gasteiger charge is -2.31. The molecule has 6 rings (SSSR count). The first-order chi connectivity index (χ1) is 21.5. The molecule has 0 saturated heterocycles. The molecule has 0 bridgehead atoms. The smallest absolute Gasteiger partial charge is 0.249 e. The van der Waals surface area contributed by atoms with E-state index in [1.807, 2.05) is 47.4 Å². The Morgan fingerprint density at radius 3 is 2.48 bits per heavy atom. The van der Waals surface area contributed by atoms with Crippen molar-refractivity contribution in [3.63, 3.8) is 0 Å². The van der Waals surface area contributed by atoms with Crippen LogP contribution in [0.2, 0.25) is 0 Å². The molecule has 1 amide bonds. The topological polar surface area (TPSA) is 77.3 Å². The predicted octanol–water partition coefficient (Wildman–Crippen LogP) is 7.85. The van der Waals surface area contributed by atoms with Crippen molar-refractivity contribution >= 4 is 17.5 Å². The fourth-order valence-electron chi connectivity index (χ4n) is 6.61. The first kappa shape index (κ1) is 29.8. The highest BCUT2D eigenvalue weighted by Crippen LogP contribution is 2.39. The van der Waals surface area contributed by atoms with Crippen LogP contribution in [-0.2, 0) is 24.4 Å². The molecule has 0 spiro atoms. The van der Waals surface area contributed by atoms with E-state index in [9.17, 15) is 9.59 Å². The third-order valence-corrected chi connectivity index (χ3v) is 9.10. The van der Waals surface area contributed by atoms with Crippen LogP contribution in [0.25, 0.3) is 0 Å². The molecule has 44 heavy (non-hydrogen) atoms. The molecule has 2 aliphatic carbocycles. The summed E-state index contributed by atoms with van der Waals surface area (Å²) in [6, 6.07) is 20.2. The minimum absolute atomic E-state index is 0.0246. The molecule has 2 aromatic heterocycles. The summed E-state index contributed by atoms with van der Waals surface area (Å²) in [5, 5.41) is 4.44. The van der Waals surface area contributed by atoms with Gasteiger partial charge in [-0.1, -0.05) is 75.6 Å². The van der Waals surface area contributed by atoms with Crippen LogP contribution in [0.5, 0.6) is 5.75 Å². The summed E-state index contributed by atoms with van der Waals surface area (Å²) >= 11 is 0. The third-order valence-electron chi connectivity index (χ3n) is 9.10. The molecule has 1 fully saturated rings. The van der Waals surface area contributed by atoms with Gasteiger partial charge in [-0.15, -0.1) is 0 Å². The second-order valence-electron chi connectivity index (χ2n) is 12.5. The van der Waals surface area contributed by atoms with E-state index >= 15 is 0 Å². The number of aromatic nitrogens is 3. The largest absolute Gasteiger partial charge is 0.489 e. The Balaban J connectivity index is 1.27. The highest BCUT2D eigenvalue weighted by atomic mass is 16.5. The lowest BCUT2D eigenvalue weighted by atomic mass is 9.81. The minimum Gasteiger partial charge on any atom is -0.489 e. The Morgan fingerprint density at radius 2 is 1.73 bits per heavy atom.